The van der Waals surface area contributed by atoms with Crippen molar-refractivity contribution in [2.75, 3.05) is 0 Å². The number of allylic oxidation sites excluding steroid dienone is 4. The van der Waals surface area contributed by atoms with Crippen molar-refractivity contribution in [3.05, 3.63) is 110 Å². The van der Waals surface area contributed by atoms with Gasteiger partial charge in [0.05, 0.1) is 0 Å². The molecule has 0 heterocycles. The summed E-state index contributed by atoms with van der Waals surface area (Å²) in [5.41, 5.74) is 12.6. The van der Waals surface area contributed by atoms with E-state index in [2.05, 4.69) is 68.3 Å². The molecule has 0 aromatic heterocycles. The van der Waals surface area contributed by atoms with Gasteiger partial charge in [0.15, 0.2) is 0 Å². The van der Waals surface area contributed by atoms with E-state index in [9.17, 15) is 0 Å². The van der Waals surface area contributed by atoms with Crippen LogP contribution in [-0.4, -0.2) is 6.88 Å². The van der Waals surface area contributed by atoms with E-state index in [1.54, 1.807) is 22.3 Å². The topological polar surface area (TPSA) is 0 Å². The van der Waals surface area contributed by atoms with Crippen LogP contribution >= 0.6 is 24.8 Å². The van der Waals surface area contributed by atoms with Gasteiger partial charge >= 0.3 is 30.2 Å². The number of hydrogen-bond acceptors (Lipinski definition) is 0. The molecule has 0 bridgehead atoms. The Morgan fingerprint density at radius 2 is 1.00 bits per heavy atom. The fourth-order valence-corrected chi connectivity index (χ4v) is 5.00. The number of hydrogen-bond donors (Lipinski definition) is 0. The van der Waals surface area contributed by atoms with E-state index >= 15 is 0 Å². The molecule has 4 heteroatoms. The molecule has 2 aromatic rings. The molecule has 0 unspecified atom stereocenters. The molecule has 0 amide bonds. The summed E-state index contributed by atoms with van der Waals surface area (Å²) in [6.07, 6.45) is 15.1. The third kappa shape index (κ3) is 6.69. The van der Waals surface area contributed by atoms with Gasteiger partial charge in [-0.15, -0.1) is 48.8 Å². The maximum atomic E-state index is 3.06. The van der Waals surface area contributed by atoms with Crippen LogP contribution < -0.4 is 0 Å². The zero-order chi connectivity index (χ0) is 19.3. The van der Waals surface area contributed by atoms with Gasteiger partial charge in [-0.3, -0.25) is 0 Å². The van der Waals surface area contributed by atoms with Crippen LogP contribution in [0.1, 0.15) is 60.8 Å². The Morgan fingerprint density at radius 3 is 1.41 bits per heavy atom. The SMILES string of the molecule is Cl.Cl.[CH3-].[CH3-].[Si]=[Zr].c1ccc2c(c1)CC1=C2CCC[CH-]1.c1ccc2c(c1)CC1=C2CCC[CH-]1. The summed E-state index contributed by atoms with van der Waals surface area (Å²) in [5.74, 6) is 0. The molecule has 0 spiro atoms. The summed E-state index contributed by atoms with van der Waals surface area (Å²) < 4.78 is 0. The van der Waals surface area contributed by atoms with E-state index in [1.807, 2.05) is 0 Å². The maximum absolute atomic E-state index is 3.06. The first-order valence-electron chi connectivity index (χ1n) is 10.4. The van der Waals surface area contributed by atoms with Gasteiger partial charge in [-0.25, -0.2) is 24.0 Å². The molecular weight excluding hydrogens is 527 g/mol. The van der Waals surface area contributed by atoms with Crippen LogP contribution in [0.5, 0.6) is 0 Å². The largest absolute Gasteiger partial charge is 0.226 e. The quantitative estimate of drug-likeness (QED) is 0.225. The fourth-order valence-electron chi connectivity index (χ4n) is 5.00. The summed E-state index contributed by atoms with van der Waals surface area (Å²) in [6.45, 7) is 3.06. The van der Waals surface area contributed by atoms with Crippen LogP contribution in [0.4, 0.5) is 0 Å². The minimum absolute atomic E-state index is 0. The van der Waals surface area contributed by atoms with Crippen molar-refractivity contribution in [3.63, 3.8) is 0 Å². The van der Waals surface area contributed by atoms with E-state index in [4.69, 9.17) is 0 Å². The van der Waals surface area contributed by atoms with Gasteiger partial charge < -0.3 is 14.9 Å². The second-order valence-electron chi connectivity index (χ2n) is 7.87. The van der Waals surface area contributed by atoms with Crippen LogP contribution in [0.3, 0.4) is 0 Å². The standard InChI is InChI=1S/2C13H13.2CH3.2ClH.Si.Zr/c2*1-3-7-12-10(5-1)9-11-6-2-4-8-13(11)12;;;;;;/h2*1,3,5-7H,2,4,8-9H2;2*1H3;2*1H;;/q4*-1;;;;. The molecule has 2 radical (unpaired) electrons. The van der Waals surface area contributed by atoms with Gasteiger partial charge in [0.25, 0.3) is 0 Å². The summed E-state index contributed by atoms with van der Waals surface area (Å²) in [7, 11) is 0. The van der Waals surface area contributed by atoms with Crippen molar-refractivity contribution in [3.8, 4) is 0 Å². The summed E-state index contributed by atoms with van der Waals surface area (Å²) >= 11 is 1.36. The van der Waals surface area contributed by atoms with E-state index in [1.165, 1.54) is 97.0 Å². The first-order chi connectivity index (χ1) is 13.9. The Morgan fingerprint density at radius 1 is 0.625 bits per heavy atom. The monoisotopic (exact) mass is 558 g/mol. The zero-order valence-corrected chi connectivity index (χ0v) is 24.3. The molecule has 0 atom stereocenters. The first kappa shape index (κ1) is 31.3. The predicted molar refractivity (Wildman–Crippen MR) is 144 cm³/mol. The number of fused-ring (bicyclic) bond motifs is 4. The van der Waals surface area contributed by atoms with Gasteiger partial charge in [-0.05, 0) is 12.8 Å². The van der Waals surface area contributed by atoms with Crippen LogP contribution in [-0.2, 0) is 36.2 Å². The molecule has 0 saturated carbocycles. The van der Waals surface area contributed by atoms with Crippen molar-refractivity contribution >= 4 is 42.8 Å². The molecular formula is C28H34Cl2SiZr-4. The fraction of sp³-hybridized carbons (Fsp3) is 0.286. The van der Waals surface area contributed by atoms with Gasteiger partial charge in [-0.2, -0.15) is 11.1 Å². The number of rotatable bonds is 0. The molecule has 4 aliphatic rings. The molecule has 0 saturated heterocycles. The summed E-state index contributed by atoms with van der Waals surface area (Å²) in [5, 5.41) is 0. The Hall–Kier alpha value is -0.660. The predicted octanol–water partition coefficient (Wildman–Crippen LogP) is 8.13. The van der Waals surface area contributed by atoms with Crippen molar-refractivity contribution in [2.24, 2.45) is 0 Å². The van der Waals surface area contributed by atoms with Crippen molar-refractivity contribution in [1.29, 1.82) is 0 Å². The van der Waals surface area contributed by atoms with Crippen molar-refractivity contribution in [1.82, 2.24) is 0 Å². The Kier molecular flexibility index (Phi) is 15.0. The average molecular weight is 561 g/mol. The normalized spacial score (nSPS) is 15.8. The van der Waals surface area contributed by atoms with Gasteiger partial charge in [-0.1, -0.05) is 85.3 Å². The van der Waals surface area contributed by atoms with Crippen molar-refractivity contribution in [2.45, 2.75) is 51.4 Å². The molecule has 0 fully saturated rings. The average Bonchev–Trinajstić information content (AvgIpc) is 3.34. The molecule has 0 aliphatic heterocycles. The Labute approximate surface area is 225 Å². The molecule has 172 valence electrons. The van der Waals surface area contributed by atoms with Crippen LogP contribution in [0.25, 0.3) is 11.1 Å². The second-order valence-corrected chi connectivity index (χ2v) is 7.87. The zero-order valence-electron chi connectivity index (χ0n) is 19.2. The smallest absolute Gasteiger partial charge is 0.0361 e. The molecule has 0 nitrogen and oxygen atoms in total. The second kappa shape index (κ2) is 15.3. The minimum atomic E-state index is 0. The van der Waals surface area contributed by atoms with Gasteiger partial charge in [0.2, 0.25) is 0 Å². The molecule has 6 rings (SSSR count). The molecule has 32 heavy (non-hydrogen) atoms. The molecule has 4 aliphatic carbocycles. The van der Waals surface area contributed by atoms with Crippen molar-refractivity contribution < 1.29 is 23.3 Å². The Balaban J connectivity index is 0.000000500. The van der Waals surface area contributed by atoms with E-state index in [0.29, 0.717) is 0 Å². The van der Waals surface area contributed by atoms with Gasteiger partial charge in [0.1, 0.15) is 0 Å². The van der Waals surface area contributed by atoms with E-state index < -0.39 is 0 Å². The number of benzene rings is 2. The van der Waals surface area contributed by atoms with E-state index in [0.717, 1.165) is 0 Å². The number of halogens is 2. The van der Waals surface area contributed by atoms with Gasteiger partial charge in [0, 0.05) is 0 Å². The van der Waals surface area contributed by atoms with Crippen LogP contribution in [0.2, 0.25) is 0 Å². The third-order valence-corrected chi connectivity index (χ3v) is 6.27. The molecule has 2 aromatic carbocycles. The summed E-state index contributed by atoms with van der Waals surface area (Å²) in [6, 6.07) is 17.7. The van der Waals surface area contributed by atoms with E-state index in [-0.39, 0.29) is 39.7 Å². The summed E-state index contributed by atoms with van der Waals surface area (Å²) in [4.78, 5) is 0. The van der Waals surface area contributed by atoms with Crippen LogP contribution in [0, 0.1) is 27.7 Å². The maximum Gasteiger partial charge on any atom is -0.0361 e. The minimum Gasteiger partial charge on any atom is -0.226 e. The van der Waals surface area contributed by atoms with Crippen LogP contribution in [0.15, 0.2) is 59.7 Å². The molecule has 0 N–H and O–H groups in total. The third-order valence-electron chi connectivity index (χ3n) is 6.27. The Bertz CT molecular complexity index is 857. The first-order valence-corrected chi connectivity index (χ1v) is 14.6.